The summed E-state index contributed by atoms with van der Waals surface area (Å²) >= 11 is 0. The highest BCUT2D eigenvalue weighted by molar-refractivity contribution is 5.76. The third-order valence-corrected chi connectivity index (χ3v) is 4.61. The number of benzene rings is 1. The summed E-state index contributed by atoms with van der Waals surface area (Å²) in [4.78, 5) is 4.63. The zero-order valence-electron chi connectivity index (χ0n) is 15.1. The molecule has 0 aliphatic heterocycles. The number of fused-ring (bicyclic) bond motifs is 1. The van der Waals surface area contributed by atoms with E-state index in [4.69, 9.17) is 15.9 Å². The van der Waals surface area contributed by atoms with Gasteiger partial charge in [-0.2, -0.15) is 0 Å². The van der Waals surface area contributed by atoms with E-state index in [9.17, 15) is 0 Å². The molecule has 0 amide bonds. The Bertz CT molecular complexity index is 594. The Morgan fingerprint density at radius 1 is 1.04 bits per heavy atom. The second-order valence-electron chi connectivity index (χ2n) is 6.72. The van der Waals surface area contributed by atoms with Crippen LogP contribution in [0.25, 0.3) is 11.1 Å². The maximum Gasteiger partial charge on any atom is 0.212 e. The fraction of sp³-hybridized carbons (Fsp3) is 0.650. The van der Waals surface area contributed by atoms with Crippen LogP contribution in [0.2, 0.25) is 0 Å². The monoisotopic (exact) mass is 331 g/mol. The number of rotatable bonds is 12. The van der Waals surface area contributed by atoms with E-state index in [1.54, 1.807) is 0 Å². The molecule has 2 aromatic rings. The maximum absolute atomic E-state index is 6.07. The van der Waals surface area contributed by atoms with Crippen molar-refractivity contribution in [1.82, 2.24) is 4.98 Å². The largest absolute Gasteiger partial charge is 0.439 e. The molecule has 1 aromatic carbocycles. The van der Waals surface area contributed by atoms with Crippen LogP contribution in [0.1, 0.15) is 82.2 Å². The summed E-state index contributed by atoms with van der Waals surface area (Å²) in [7, 11) is 0. The smallest absolute Gasteiger partial charge is 0.212 e. The molecule has 1 heterocycles. The SMILES string of the molecule is CCCCCCCCCCc1cccc2oc(C(N)CCN)nc12. The zero-order valence-corrected chi connectivity index (χ0v) is 15.1. The van der Waals surface area contributed by atoms with Gasteiger partial charge in [-0.05, 0) is 37.4 Å². The van der Waals surface area contributed by atoms with Gasteiger partial charge in [0.15, 0.2) is 5.58 Å². The first-order valence-corrected chi connectivity index (χ1v) is 9.60. The predicted molar refractivity (Wildman–Crippen MR) is 101 cm³/mol. The van der Waals surface area contributed by atoms with E-state index < -0.39 is 0 Å². The van der Waals surface area contributed by atoms with Gasteiger partial charge in [-0.15, -0.1) is 0 Å². The van der Waals surface area contributed by atoms with Gasteiger partial charge in [0, 0.05) is 0 Å². The van der Waals surface area contributed by atoms with Gasteiger partial charge in [0.25, 0.3) is 0 Å². The first kappa shape index (κ1) is 18.9. The average Bonchev–Trinajstić information content (AvgIpc) is 3.02. The van der Waals surface area contributed by atoms with Crippen LogP contribution in [0.5, 0.6) is 0 Å². The van der Waals surface area contributed by atoms with Crippen LogP contribution >= 0.6 is 0 Å². The molecule has 1 unspecified atom stereocenters. The number of hydrogen-bond donors (Lipinski definition) is 2. The molecule has 24 heavy (non-hydrogen) atoms. The van der Waals surface area contributed by atoms with Crippen molar-refractivity contribution in [2.24, 2.45) is 11.5 Å². The number of nitrogens with two attached hydrogens (primary N) is 2. The fourth-order valence-electron chi connectivity index (χ4n) is 3.14. The Balaban J connectivity index is 1.83. The number of hydrogen-bond acceptors (Lipinski definition) is 4. The third-order valence-electron chi connectivity index (χ3n) is 4.61. The topological polar surface area (TPSA) is 78.1 Å². The first-order chi connectivity index (χ1) is 11.8. The Labute approximate surface area is 146 Å². The summed E-state index contributed by atoms with van der Waals surface area (Å²) in [5, 5.41) is 0. The van der Waals surface area contributed by atoms with Crippen LogP contribution in [0.4, 0.5) is 0 Å². The fourth-order valence-corrected chi connectivity index (χ4v) is 3.14. The van der Waals surface area contributed by atoms with Crippen LogP contribution < -0.4 is 11.5 Å². The van der Waals surface area contributed by atoms with Gasteiger partial charge in [0.05, 0.1) is 6.04 Å². The Kier molecular flexibility index (Phi) is 8.26. The Morgan fingerprint density at radius 2 is 1.75 bits per heavy atom. The number of aromatic nitrogens is 1. The van der Waals surface area contributed by atoms with E-state index in [2.05, 4.69) is 18.0 Å². The van der Waals surface area contributed by atoms with Crippen molar-refractivity contribution in [3.8, 4) is 0 Å². The molecule has 134 valence electrons. The summed E-state index contributed by atoms with van der Waals surface area (Å²) < 4.78 is 5.81. The molecule has 0 fully saturated rings. The van der Waals surface area contributed by atoms with Crippen molar-refractivity contribution in [3.05, 3.63) is 29.7 Å². The van der Waals surface area contributed by atoms with Gasteiger partial charge in [0.2, 0.25) is 5.89 Å². The molecule has 0 spiro atoms. The summed E-state index contributed by atoms with van der Waals surface area (Å²) in [6.45, 7) is 2.81. The van der Waals surface area contributed by atoms with Crippen molar-refractivity contribution < 1.29 is 4.42 Å². The lowest BCUT2D eigenvalue weighted by Gasteiger charge is -2.03. The van der Waals surface area contributed by atoms with E-state index >= 15 is 0 Å². The minimum absolute atomic E-state index is 0.210. The van der Waals surface area contributed by atoms with E-state index in [0.717, 1.165) is 17.5 Å². The average molecular weight is 332 g/mol. The van der Waals surface area contributed by atoms with Gasteiger partial charge >= 0.3 is 0 Å². The van der Waals surface area contributed by atoms with Crippen LogP contribution in [-0.2, 0) is 6.42 Å². The quantitative estimate of drug-likeness (QED) is 0.544. The van der Waals surface area contributed by atoms with Crippen LogP contribution in [0.3, 0.4) is 0 Å². The van der Waals surface area contributed by atoms with E-state index in [1.165, 1.54) is 56.9 Å². The van der Waals surface area contributed by atoms with E-state index in [1.807, 2.05) is 12.1 Å². The lowest BCUT2D eigenvalue weighted by atomic mass is 10.0. The summed E-state index contributed by atoms with van der Waals surface area (Å²) in [6, 6.07) is 5.97. The molecule has 2 rings (SSSR count). The molecular weight excluding hydrogens is 298 g/mol. The molecule has 0 saturated carbocycles. The molecule has 1 atom stereocenters. The molecule has 0 aliphatic carbocycles. The normalized spacial score (nSPS) is 12.8. The minimum atomic E-state index is -0.210. The van der Waals surface area contributed by atoms with Crippen LogP contribution in [-0.4, -0.2) is 11.5 Å². The second-order valence-corrected chi connectivity index (χ2v) is 6.72. The number of nitrogens with zero attached hydrogens (tertiary/aromatic N) is 1. The Morgan fingerprint density at radius 3 is 2.46 bits per heavy atom. The van der Waals surface area contributed by atoms with Gasteiger partial charge in [0.1, 0.15) is 5.52 Å². The molecule has 0 bridgehead atoms. The number of oxazole rings is 1. The summed E-state index contributed by atoms with van der Waals surface area (Å²) in [6.07, 6.45) is 12.4. The van der Waals surface area contributed by atoms with Crippen LogP contribution in [0, 0.1) is 0 Å². The maximum atomic E-state index is 6.07. The van der Waals surface area contributed by atoms with E-state index in [-0.39, 0.29) is 6.04 Å². The number of unbranched alkanes of at least 4 members (excludes halogenated alkanes) is 7. The highest BCUT2D eigenvalue weighted by Gasteiger charge is 2.15. The van der Waals surface area contributed by atoms with Gasteiger partial charge < -0.3 is 15.9 Å². The van der Waals surface area contributed by atoms with E-state index in [0.29, 0.717) is 18.9 Å². The first-order valence-electron chi connectivity index (χ1n) is 9.60. The van der Waals surface area contributed by atoms with Gasteiger partial charge in [-0.1, -0.05) is 64.0 Å². The van der Waals surface area contributed by atoms with Crippen molar-refractivity contribution in [2.75, 3.05) is 6.54 Å². The zero-order chi connectivity index (χ0) is 17.2. The molecule has 0 radical (unpaired) electrons. The van der Waals surface area contributed by atoms with Crippen LogP contribution in [0.15, 0.2) is 22.6 Å². The third kappa shape index (κ3) is 5.60. The van der Waals surface area contributed by atoms with Crippen molar-refractivity contribution in [2.45, 2.75) is 77.2 Å². The van der Waals surface area contributed by atoms with Gasteiger partial charge in [-0.3, -0.25) is 0 Å². The van der Waals surface area contributed by atoms with Crippen molar-refractivity contribution in [3.63, 3.8) is 0 Å². The second kappa shape index (κ2) is 10.5. The number of para-hydroxylation sites is 1. The molecule has 4 heteroatoms. The number of aryl methyl sites for hydroxylation is 1. The highest BCUT2D eigenvalue weighted by Crippen LogP contribution is 2.24. The molecular formula is C20H33N3O. The van der Waals surface area contributed by atoms with Crippen molar-refractivity contribution >= 4 is 11.1 Å². The molecule has 0 saturated heterocycles. The molecule has 0 aliphatic rings. The summed E-state index contributed by atoms with van der Waals surface area (Å²) in [5.41, 5.74) is 14.7. The minimum Gasteiger partial charge on any atom is -0.439 e. The predicted octanol–water partition coefficient (Wildman–Crippen LogP) is 4.86. The summed E-state index contributed by atoms with van der Waals surface area (Å²) in [5.74, 6) is 0.610. The van der Waals surface area contributed by atoms with Crippen molar-refractivity contribution in [1.29, 1.82) is 0 Å². The lowest BCUT2D eigenvalue weighted by molar-refractivity contribution is 0.462. The van der Waals surface area contributed by atoms with Gasteiger partial charge in [-0.25, -0.2) is 4.98 Å². The highest BCUT2D eigenvalue weighted by atomic mass is 16.3. The molecule has 4 N–H and O–H groups in total. The standard InChI is InChI=1S/C20H33N3O/c1-2-3-4-5-6-7-8-9-11-16-12-10-13-18-19(16)23-20(24-18)17(22)14-15-21/h10,12-13,17H,2-9,11,14-15,21-22H2,1H3. The molecule has 4 nitrogen and oxygen atoms in total. The Hall–Kier alpha value is -1.39. The molecule has 1 aromatic heterocycles. The lowest BCUT2D eigenvalue weighted by Crippen LogP contribution is -2.15.